The van der Waals surface area contributed by atoms with E-state index in [-0.39, 0.29) is 11.6 Å². The molecule has 0 spiro atoms. The summed E-state index contributed by atoms with van der Waals surface area (Å²) >= 11 is 0. The maximum Gasteiger partial charge on any atom is 0.319 e. The second-order valence-corrected chi connectivity index (χ2v) is 4.42. The first-order valence-electron chi connectivity index (χ1n) is 6.98. The van der Waals surface area contributed by atoms with E-state index in [2.05, 4.69) is 15.6 Å². The number of carbonyl (C=O) groups excluding carboxylic acids is 1. The van der Waals surface area contributed by atoms with E-state index in [1.54, 1.807) is 12.1 Å². The molecule has 2 amide bonds. The zero-order valence-corrected chi connectivity index (χ0v) is 12.3. The first-order valence-corrected chi connectivity index (χ1v) is 6.98. The molecule has 1 heterocycles. The van der Waals surface area contributed by atoms with E-state index in [9.17, 15) is 9.59 Å². The second kappa shape index (κ2) is 7.82. The lowest BCUT2D eigenvalue weighted by molar-refractivity contribution is 0.251. The van der Waals surface area contributed by atoms with Crippen molar-refractivity contribution in [2.75, 3.05) is 18.5 Å². The summed E-state index contributed by atoms with van der Waals surface area (Å²) in [7, 11) is 0. The van der Waals surface area contributed by atoms with Gasteiger partial charge in [0.05, 0.1) is 18.6 Å². The van der Waals surface area contributed by atoms with E-state index in [4.69, 9.17) is 4.74 Å². The Morgan fingerprint density at radius 1 is 1.32 bits per heavy atom. The van der Waals surface area contributed by atoms with Gasteiger partial charge in [-0.05, 0) is 19.1 Å². The first kappa shape index (κ1) is 15.6. The summed E-state index contributed by atoms with van der Waals surface area (Å²) in [6, 6.07) is 8.21. The molecule has 22 heavy (non-hydrogen) atoms. The highest BCUT2D eigenvalue weighted by atomic mass is 16.5. The number of benzene rings is 1. The number of para-hydroxylation sites is 2. The number of hydrogen-bond acceptors (Lipinski definition) is 4. The Hall–Kier alpha value is -2.83. The molecule has 0 unspecified atom stereocenters. The molecule has 0 atom stereocenters. The van der Waals surface area contributed by atoms with Crippen molar-refractivity contribution in [1.82, 2.24) is 14.9 Å². The SMILES string of the molecule is CCOc1ccccc1NC(=O)NCCn1cnccc1=O. The van der Waals surface area contributed by atoms with Crippen LogP contribution in [0.2, 0.25) is 0 Å². The van der Waals surface area contributed by atoms with Gasteiger partial charge in [-0.3, -0.25) is 9.36 Å². The molecule has 7 nitrogen and oxygen atoms in total. The van der Waals surface area contributed by atoms with Crippen molar-refractivity contribution in [2.45, 2.75) is 13.5 Å². The lowest BCUT2D eigenvalue weighted by Gasteiger charge is -2.12. The number of rotatable bonds is 6. The van der Waals surface area contributed by atoms with Crippen molar-refractivity contribution in [3.8, 4) is 5.75 Å². The van der Waals surface area contributed by atoms with Gasteiger partial charge in [0.1, 0.15) is 5.75 Å². The number of amides is 2. The normalized spacial score (nSPS) is 10.0. The molecule has 0 saturated heterocycles. The number of nitrogens with zero attached hydrogens (tertiary/aromatic N) is 2. The van der Waals surface area contributed by atoms with Crippen molar-refractivity contribution in [3.63, 3.8) is 0 Å². The molecule has 2 aromatic rings. The van der Waals surface area contributed by atoms with Gasteiger partial charge >= 0.3 is 6.03 Å². The molecule has 1 aromatic carbocycles. The largest absolute Gasteiger partial charge is 0.492 e. The van der Waals surface area contributed by atoms with Gasteiger partial charge in [-0.2, -0.15) is 0 Å². The number of nitrogens with one attached hydrogen (secondary N) is 2. The fraction of sp³-hybridized carbons (Fsp3) is 0.267. The van der Waals surface area contributed by atoms with Crippen molar-refractivity contribution in [3.05, 3.63) is 53.2 Å². The standard InChI is InChI=1S/C15H18N4O3/c1-2-22-13-6-4-3-5-12(13)18-15(21)17-9-10-19-11-16-8-7-14(19)20/h3-8,11H,2,9-10H2,1H3,(H2,17,18,21). The predicted molar refractivity (Wildman–Crippen MR) is 83.1 cm³/mol. The van der Waals surface area contributed by atoms with Crippen LogP contribution in [0, 0.1) is 0 Å². The Morgan fingerprint density at radius 2 is 2.14 bits per heavy atom. The number of carbonyl (C=O) groups is 1. The van der Waals surface area contributed by atoms with Gasteiger partial charge in [0, 0.05) is 25.4 Å². The van der Waals surface area contributed by atoms with Crippen LogP contribution in [0.25, 0.3) is 0 Å². The Balaban J connectivity index is 1.86. The fourth-order valence-electron chi connectivity index (χ4n) is 1.85. The molecule has 7 heteroatoms. The number of urea groups is 1. The molecule has 0 saturated carbocycles. The van der Waals surface area contributed by atoms with Crippen molar-refractivity contribution < 1.29 is 9.53 Å². The molecule has 0 aliphatic rings. The zero-order valence-electron chi connectivity index (χ0n) is 12.3. The molecule has 0 radical (unpaired) electrons. The third kappa shape index (κ3) is 4.34. The van der Waals surface area contributed by atoms with Crippen LogP contribution >= 0.6 is 0 Å². The minimum absolute atomic E-state index is 0.154. The van der Waals surface area contributed by atoms with E-state index < -0.39 is 0 Å². The monoisotopic (exact) mass is 302 g/mol. The molecule has 116 valence electrons. The highest BCUT2D eigenvalue weighted by Crippen LogP contribution is 2.23. The molecular weight excluding hydrogens is 284 g/mol. The number of hydrogen-bond donors (Lipinski definition) is 2. The molecular formula is C15H18N4O3. The van der Waals surface area contributed by atoms with Gasteiger partial charge in [-0.25, -0.2) is 9.78 Å². The third-order valence-electron chi connectivity index (χ3n) is 2.87. The molecule has 0 aliphatic heterocycles. The third-order valence-corrected chi connectivity index (χ3v) is 2.87. The van der Waals surface area contributed by atoms with E-state index >= 15 is 0 Å². The summed E-state index contributed by atoms with van der Waals surface area (Å²) in [5, 5.41) is 5.40. The molecule has 0 aliphatic carbocycles. The highest BCUT2D eigenvalue weighted by molar-refractivity contribution is 5.90. The van der Waals surface area contributed by atoms with Gasteiger partial charge in [-0.15, -0.1) is 0 Å². The quantitative estimate of drug-likeness (QED) is 0.846. The number of ether oxygens (including phenoxy) is 1. The molecule has 2 rings (SSSR count). The molecule has 0 fully saturated rings. The van der Waals surface area contributed by atoms with Crippen LogP contribution in [0.15, 0.2) is 47.7 Å². The highest BCUT2D eigenvalue weighted by Gasteiger charge is 2.06. The molecule has 0 bridgehead atoms. The van der Waals surface area contributed by atoms with Crippen LogP contribution in [-0.4, -0.2) is 28.7 Å². The minimum Gasteiger partial charge on any atom is -0.492 e. The average molecular weight is 302 g/mol. The maximum absolute atomic E-state index is 11.9. The summed E-state index contributed by atoms with van der Waals surface area (Å²) in [4.78, 5) is 27.2. The Kier molecular flexibility index (Phi) is 5.53. The van der Waals surface area contributed by atoms with E-state index in [0.29, 0.717) is 31.1 Å². The van der Waals surface area contributed by atoms with Crippen LogP contribution in [0.4, 0.5) is 10.5 Å². The van der Waals surface area contributed by atoms with Gasteiger partial charge < -0.3 is 15.4 Å². The van der Waals surface area contributed by atoms with Crippen LogP contribution < -0.4 is 20.9 Å². The van der Waals surface area contributed by atoms with Gasteiger partial charge in [0.2, 0.25) is 0 Å². The van der Waals surface area contributed by atoms with Crippen LogP contribution in [0.3, 0.4) is 0 Å². The minimum atomic E-state index is -0.357. The van der Waals surface area contributed by atoms with Crippen LogP contribution in [0.5, 0.6) is 5.75 Å². The van der Waals surface area contributed by atoms with Gasteiger partial charge in [0.25, 0.3) is 5.56 Å². The predicted octanol–water partition coefficient (Wildman–Crippen LogP) is 1.46. The van der Waals surface area contributed by atoms with Gasteiger partial charge in [-0.1, -0.05) is 12.1 Å². The summed E-state index contributed by atoms with van der Waals surface area (Å²) in [5.41, 5.74) is 0.444. The van der Waals surface area contributed by atoms with Gasteiger partial charge in [0.15, 0.2) is 0 Å². The topological polar surface area (TPSA) is 85.2 Å². The molecule has 1 aromatic heterocycles. The maximum atomic E-state index is 11.9. The van der Waals surface area contributed by atoms with E-state index in [1.165, 1.54) is 23.2 Å². The zero-order chi connectivity index (χ0) is 15.8. The Morgan fingerprint density at radius 3 is 2.91 bits per heavy atom. The second-order valence-electron chi connectivity index (χ2n) is 4.42. The number of anilines is 1. The van der Waals surface area contributed by atoms with Crippen molar-refractivity contribution >= 4 is 11.7 Å². The molecule has 2 N–H and O–H groups in total. The van der Waals surface area contributed by atoms with E-state index in [1.807, 2.05) is 19.1 Å². The van der Waals surface area contributed by atoms with E-state index in [0.717, 1.165) is 0 Å². The lowest BCUT2D eigenvalue weighted by Crippen LogP contribution is -2.33. The summed E-state index contributed by atoms with van der Waals surface area (Å²) in [5.74, 6) is 0.614. The average Bonchev–Trinajstić information content (AvgIpc) is 2.51. The summed E-state index contributed by atoms with van der Waals surface area (Å²) in [6.45, 7) is 3.06. The Bertz CT molecular complexity index is 684. The smallest absolute Gasteiger partial charge is 0.319 e. The fourth-order valence-corrected chi connectivity index (χ4v) is 1.85. The Labute approximate surface area is 127 Å². The number of aromatic nitrogens is 2. The van der Waals surface area contributed by atoms with Crippen molar-refractivity contribution in [1.29, 1.82) is 0 Å². The lowest BCUT2D eigenvalue weighted by atomic mass is 10.3. The summed E-state index contributed by atoms with van der Waals surface area (Å²) in [6.07, 6.45) is 2.87. The van der Waals surface area contributed by atoms with Crippen LogP contribution in [-0.2, 0) is 6.54 Å². The van der Waals surface area contributed by atoms with Crippen LogP contribution in [0.1, 0.15) is 6.92 Å². The van der Waals surface area contributed by atoms with Crippen molar-refractivity contribution in [2.24, 2.45) is 0 Å². The first-order chi connectivity index (χ1) is 10.7. The summed E-state index contributed by atoms with van der Waals surface area (Å²) < 4.78 is 6.86.